The van der Waals surface area contributed by atoms with Gasteiger partial charge in [-0.1, -0.05) is 0 Å². The molecule has 0 aromatic heterocycles. The molecule has 0 saturated carbocycles. The molecule has 2 aliphatic rings. The van der Waals surface area contributed by atoms with Crippen molar-refractivity contribution in [1.82, 2.24) is 10.2 Å². The number of carbonyl (C=O) groups is 1. The van der Waals surface area contributed by atoms with Crippen LogP contribution in [0.4, 0.5) is 4.79 Å². The van der Waals surface area contributed by atoms with E-state index in [1.165, 1.54) is 0 Å². The first-order chi connectivity index (χ1) is 4.77. The third-order valence-electron chi connectivity index (χ3n) is 2.34. The molecule has 0 unspecified atom stereocenters. The molecule has 3 N–H and O–H groups in total. The van der Waals surface area contributed by atoms with Crippen molar-refractivity contribution in [3.05, 3.63) is 0 Å². The summed E-state index contributed by atoms with van der Waals surface area (Å²) >= 11 is 0. The number of fused-ring (bicyclic) bond motifs is 2. The highest BCUT2D eigenvalue weighted by Crippen LogP contribution is 2.22. The van der Waals surface area contributed by atoms with Gasteiger partial charge >= 0.3 is 6.03 Å². The summed E-state index contributed by atoms with van der Waals surface area (Å²) in [5.41, 5.74) is 5.14. The summed E-state index contributed by atoms with van der Waals surface area (Å²) in [6.45, 7) is 1.73. The number of nitrogens with one attached hydrogen (secondary N) is 1. The number of nitrogens with zero attached hydrogens (tertiary/aromatic N) is 1. The molecule has 2 heterocycles. The molecule has 0 aliphatic carbocycles. The van der Waals surface area contributed by atoms with Crippen molar-refractivity contribution in [3.63, 3.8) is 0 Å². The number of primary amides is 1. The van der Waals surface area contributed by atoms with Gasteiger partial charge in [-0.15, -0.1) is 12.4 Å². The number of nitrogens with two attached hydrogens (primary N) is 1. The lowest BCUT2D eigenvalue weighted by molar-refractivity contribution is 0.194. The van der Waals surface area contributed by atoms with Gasteiger partial charge in [-0.2, -0.15) is 0 Å². The zero-order valence-electron chi connectivity index (χ0n) is 6.12. The average molecular weight is 178 g/mol. The van der Waals surface area contributed by atoms with Gasteiger partial charge in [-0.05, 0) is 6.42 Å². The Hall–Kier alpha value is -0.480. The molecule has 4 nitrogen and oxygen atoms in total. The first kappa shape index (κ1) is 8.62. The number of halogens is 1. The van der Waals surface area contributed by atoms with Crippen LogP contribution in [0.1, 0.15) is 6.42 Å². The topological polar surface area (TPSA) is 58.4 Å². The number of urea groups is 1. The van der Waals surface area contributed by atoms with Gasteiger partial charge in [0.15, 0.2) is 0 Å². The van der Waals surface area contributed by atoms with Gasteiger partial charge in [0.25, 0.3) is 0 Å². The molecule has 0 spiro atoms. The Balaban J connectivity index is 0.000000605. The van der Waals surface area contributed by atoms with Crippen molar-refractivity contribution in [2.24, 2.45) is 5.73 Å². The highest BCUT2D eigenvalue weighted by Gasteiger charge is 2.39. The molecule has 0 radical (unpaired) electrons. The van der Waals surface area contributed by atoms with Crippen molar-refractivity contribution in [1.29, 1.82) is 0 Å². The second-order valence-electron chi connectivity index (χ2n) is 2.99. The predicted molar refractivity (Wildman–Crippen MR) is 43.7 cm³/mol. The van der Waals surface area contributed by atoms with Crippen LogP contribution in [0, 0.1) is 0 Å². The van der Waals surface area contributed by atoms with Crippen LogP contribution in [0.3, 0.4) is 0 Å². The van der Waals surface area contributed by atoms with Crippen LogP contribution in [0.25, 0.3) is 0 Å². The normalized spacial score (nSPS) is 33.6. The minimum absolute atomic E-state index is 0. The highest BCUT2D eigenvalue weighted by molar-refractivity contribution is 5.85. The molecule has 64 valence electrons. The van der Waals surface area contributed by atoms with Crippen LogP contribution in [-0.2, 0) is 0 Å². The number of rotatable bonds is 0. The van der Waals surface area contributed by atoms with Crippen LogP contribution in [0.2, 0.25) is 0 Å². The zero-order chi connectivity index (χ0) is 7.14. The second kappa shape index (κ2) is 2.87. The van der Waals surface area contributed by atoms with E-state index in [0.717, 1.165) is 19.5 Å². The molecule has 2 aliphatic heterocycles. The summed E-state index contributed by atoms with van der Waals surface area (Å²) in [5.74, 6) is 0. The average Bonchev–Trinajstić information content (AvgIpc) is 2.44. The SMILES string of the molecule is Cl.NC(=O)N1C[C@H]2C[C@@H]1CN2. The molecule has 2 fully saturated rings. The second-order valence-corrected chi connectivity index (χ2v) is 2.99. The van der Waals surface area contributed by atoms with Gasteiger partial charge in [-0.25, -0.2) is 4.79 Å². The fraction of sp³-hybridized carbons (Fsp3) is 0.833. The highest BCUT2D eigenvalue weighted by atomic mass is 35.5. The minimum atomic E-state index is -0.269. The van der Waals surface area contributed by atoms with E-state index in [4.69, 9.17) is 5.73 Å². The molecule has 0 aromatic carbocycles. The van der Waals surface area contributed by atoms with E-state index in [0.29, 0.717) is 12.1 Å². The Labute approximate surface area is 71.5 Å². The predicted octanol–water partition coefficient (Wildman–Crippen LogP) is -0.467. The Morgan fingerprint density at radius 3 is 2.64 bits per heavy atom. The number of carbonyl (C=O) groups excluding carboxylic acids is 1. The maximum Gasteiger partial charge on any atom is 0.315 e. The first-order valence-corrected chi connectivity index (χ1v) is 3.57. The van der Waals surface area contributed by atoms with E-state index >= 15 is 0 Å². The monoisotopic (exact) mass is 177 g/mol. The molecule has 2 rings (SSSR count). The van der Waals surface area contributed by atoms with Crippen molar-refractivity contribution in [3.8, 4) is 0 Å². The number of piperazine rings is 1. The lowest BCUT2D eigenvalue weighted by Crippen LogP contribution is -2.48. The first-order valence-electron chi connectivity index (χ1n) is 3.57. The number of hydrogen-bond acceptors (Lipinski definition) is 2. The van der Waals surface area contributed by atoms with Crippen molar-refractivity contribution >= 4 is 18.4 Å². The zero-order valence-corrected chi connectivity index (χ0v) is 6.93. The Morgan fingerprint density at radius 2 is 2.36 bits per heavy atom. The molecular weight excluding hydrogens is 166 g/mol. The standard InChI is InChI=1S/C6H11N3O.ClH/c7-6(10)9-3-4-1-5(9)2-8-4;/h4-5,8H,1-3H2,(H2,7,10);1H/t4-,5-;/m1./s1. The van der Waals surface area contributed by atoms with Crippen LogP contribution >= 0.6 is 12.4 Å². The number of likely N-dealkylation sites (tertiary alicyclic amines) is 1. The van der Waals surface area contributed by atoms with E-state index in [2.05, 4.69) is 5.32 Å². The smallest absolute Gasteiger partial charge is 0.315 e. The fourth-order valence-corrected chi connectivity index (χ4v) is 1.83. The molecule has 2 bridgehead atoms. The van der Waals surface area contributed by atoms with E-state index < -0.39 is 0 Å². The van der Waals surface area contributed by atoms with Gasteiger partial charge in [0.05, 0.1) is 0 Å². The third-order valence-corrected chi connectivity index (χ3v) is 2.34. The van der Waals surface area contributed by atoms with E-state index in [-0.39, 0.29) is 18.4 Å². The summed E-state index contributed by atoms with van der Waals surface area (Å²) in [6.07, 6.45) is 1.09. The largest absolute Gasteiger partial charge is 0.351 e. The van der Waals surface area contributed by atoms with Crippen LogP contribution < -0.4 is 11.1 Å². The maximum atomic E-state index is 10.7. The minimum Gasteiger partial charge on any atom is -0.351 e. The van der Waals surface area contributed by atoms with E-state index in [1.807, 2.05) is 0 Å². The summed E-state index contributed by atoms with van der Waals surface area (Å²) in [7, 11) is 0. The van der Waals surface area contributed by atoms with Gasteiger partial charge in [0.2, 0.25) is 0 Å². The van der Waals surface area contributed by atoms with E-state index in [9.17, 15) is 4.79 Å². The van der Waals surface area contributed by atoms with Gasteiger partial charge in [0.1, 0.15) is 0 Å². The molecule has 2 amide bonds. The Kier molecular flexibility index (Phi) is 2.25. The molecular formula is C6H12ClN3O. The lowest BCUT2D eigenvalue weighted by atomic mass is 10.2. The number of hydrogen-bond donors (Lipinski definition) is 2. The lowest BCUT2D eigenvalue weighted by Gasteiger charge is -2.25. The number of amides is 2. The van der Waals surface area contributed by atoms with Gasteiger partial charge < -0.3 is 16.0 Å². The maximum absolute atomic E-state index is 10.7. The van der Waals surface area contributed by atoms with Gasteiger partial charge in [-0.3, -0.25) is 0 Å². The molecule has 11 heavy (non-hydrogen) atoms. The molecule has 2 atom stereocenters. The third kappa shape index (κ3) is 1.28. The summed E-state index contributed by atoms with van der Waals surface area (Å²) < 4.78 is 0. The van der Waals surface area contributed by atoms with E-state index in [1.54, 1.807) is 4.90 Å². The Morgan fingerprint density at radius 1 is 1.64 bits per heavy atom. The molecule has 0 aromatic rings. The Bertz CT molecular complexity index is 175. The molecule has 2 saturated heterocycles. The van der Waals surface area contributed by atoms with Crippen LogP contribution in [0.15, 0.2) is 0 Å². The summed E-state index contributed by atoms with van der Waals surface area (Å²) in [6, 6.07) is 0.619. The summed E-state index contributed by atoms with van der Waals surface area (Å²) in [4.78, 5) is 12.5. The van der Waals surface area contributed by atoms with Crippen molar-refractivity contribution in [2.45, 2.75) is 18.5 Å². The van der Waals surface area contributed by atoms with Gasteiger partial charge in [0, 0.05) is 25.2 Å². The summed E-state index contributed by atoms with van der Waals surface area (Å²) in [5, 5.41) is 3.29. The van der Waals surface area contributed by atoms with Crippen LogP contribution in [0.5, 0.6) is 0 Å². The fourth-order valence-electron chi connectivity index (χ4n) is 1.83. The molecule has 5 heteroatoms. The van der Waals surface area contributed by atoms with Crippen molar-refractivity contribution in [2.75, 3.05) is 13.1 Å². The van der Waals surface area contributed by atoms with Crippen LogP contribution in [-0.4, -0.2) is 36.1 Å². The van der Waals surface area contributed by atoms with Crippen molar-refractivity contribution < 1.29 is 4.79 Å². The quantitative estimate of drug-likeness (QED) is 0.526.